The molecule has 0 spiro atoms. The standard InChI is InChI=1S/C18H14Cl2N4O/c19-15-4-3-14(10-16(15)20)24(12-25)17-2-1-7-22-18(17)23-11-13-5-8-21-9-6-13/h1-10,12H,11H2,(H,22,23). The van der Waals surface area contributed by atoms with Crippen molar-refractivity contribution in [2.24, 2.45) is 0 Å². The Hall–Kier alpha value is -2.63. The number of halogens is 2. The number of rotatable bonds is 6. The van der Waals surface area contributed by atoms with Crippen LogP contribution in [0.15, 0.2) is 61.1 Å². The van der Waals surface area contributed by atoms with Gasteiger partial charge in [-0.1, -0.05) is 23.2 Å². The summed E-state index contributed by atoms with van der Waals surface area (Å²) in [5, 5.41) is 4.05. The smallest absolute Gasteiger partial charge is 0.218 e. The molecule has 2 heterocycles. The second kappa shape index (κ2) is 7.96. The molecule has 0 bridgehead atoms. The molecule has 7 heteroatoms. The Kier molecular flexibility index (Phi) is 5.48. The van der Waals surface area contributed by atoms with Crippen molar-refractivity contribution < 1.29 is 4.79 Å². The van der Waals surface area contributed by atoms with Gasteiger partial charge < -0.3 is 5.32 Å². The molecule has 1 N–H and O–H groups in total. The zero-order valence-electron chi connectivity index (χ0n) is 13.1. The van der Waals surface area contributed by atoms with Gasteiger partial charge in [-0.25, -0.2) is 4.98 Å². The van der Waals surface area contributed by atoms with Gasteiger partial charge in [-0.15, -0.1) is 0 Å². The summed E-state index contributed by atoms with van der Waals surface area (Å²) in [6.45, 7) is 0.556. The molecule has 1 aromatic carbocycles. The van der Waals surface area contributed by atoms with Crippen LogP contribution in [0.1, 0.15) is 5.56 Å². The Labute approximate surface area is 155 Å². The molecule has 0 saturated carbocycles. The van der Waals surface area contributed by atoms with E-state index in [0.29, 0.717) is 40.2 Å². The lowest BCUT2D eigenvalue weighted by Crippen LogP contribution is -2.17. The van der Waals surface area contributed by atoms with E-state index in [4.69, 9.17) is 23.2 Å². The highest BCUT2D eigenvalue weighted by Gasteiger charge is 2.14. The Morgan fingerprint density at radius 1 is 1.04 bits per heavy atom. The number of benzene rings is 1. The lowest BCUT2D eigenvalue weighted by atomic mass is 10.2. The molecule has 5 nitrogen and oxygen atoms in total. The van der Waals surface area contributed by atoms with Gasteiger partial charge in [-0.05, 0) is 48.0 Å². The highest BCUT2D eigenvalue weighted by Crippen LogP contribution is 2.33. The van der Waals surface area contributed by atoms with Gasteiger partial charge in [0.1, 0.15) is 0 Å². The topological polar surface area (TPSA) is 58.1 Å². The fourth-order valence-electron chi connectivity index (χ4n) is 2.31. The summed E-state index contributed by atoms with van der Waals surface area (Å²) in [6, 6.07) is 12.4. The first kappa shape index (κ1) is 17.2. The maximum absolute atomic E-state index is 11.7. The zero-order chi connectivity index (χ0) is 17.6. The van der Waals surface area contributed by atoms with Crippen LogP contribution in [0.5, 0.6) is 0 Å². The molecule has 0 atom stereocenters. The highest BCUT2D eigenvalue weighted by molar-refractivity contribution is 6.42. The van der Waals surface area contributed by atoms with Gasteiger partial charge in [0.2, 0.25) is 6.41 Å². The normalized spacial score (nSPS) is 10.3. The lowest BCUT2D eigenvalue weighted by Gasteiger charge is -2.21. The number of nitrogens with zero attached hydrogens (tertiary/aromatic N) is 3. The van der Waals surface area contributed by atoms with Crippen molar-refractivity contribution in [2.45, 2.75) is 6.54 Å². The third-order valence-corrected chi connectivity index (χ3v) is 4.28. The molecule has 3 rings (SSSR count). The number of hydrogen-bond acceptors (Lipinski definition) is 4. The number of anilines is 3. The van der Waals surface area contributed by atoms with Crippen LogP contribution >= 0.6 is 23.2 Å². The van der Waals surface area contributed by atoms with Crippen molar-refractivity contribution in [2.75, 3.05) is 10.2 Å². The largest absolute Gasteiger partial charge is 0.364 e. The van der Waals surface area contributed by atoms with Crippen molar-refractivity contribution in [3.63, 3.8) is 0 Å². The van der Waals surface area contributed by atoms with Gasteiger partial charge in [0, 0.05) is 25.1 Å². The number of pyridine rings is 2. The molecule has 0 unspecified atom stereocenters. The molecule has 126 valence electrons. The molecule has 0 aliphatic rings. The Balaban J connectivity index is 1.89. The van der Waals surface area contributed by atoms with E-state index in [0.717, 1.165) is 5.56 Å². The van der Waals surface area contributed by atoms with E-state index in [1.807, 2.05) is 12.1 Å². The van der Waals surface area contributed by atoms with Gasteiger partial charge in [0.05, 0.1) is 21.4 Å². The van der Waals surface area contributed by atoms with E-state index >= 15 is 0 Å². The summed E-state index contributed by atoms with van der Waals surface area (Å²) in [7, 11) is 0. The maximum Gasteiger partial charge on any atom is 0.218 e. The number of amides is 1. The lowest BCUT2D eigenvalue weighted by molar-refractivity contribution is -0.106. The van der Waals surface area contributed by atoms with E-state index in [9.17, 15) is 4.79 Å². The van der Waals surface area contributed by atoms with Crippen molar-refractivity contribution in [1.29, 1.82) is 0 Å². The molecule has 0 saturated heterocycles. The average Bonchev–Trinajstić information content (AvgIpc) is 2.65. The van der Waals surface area contributed by atoms with Gasteiger partial charge in [-0.2, -0.15) is 0 Å². The summed E-state index contributed by atoms with van der Waals surface area (Å²) >= 11 is 12.0. The van der Waals surface area contributed by atoms with Crippen molar-refractivity contribution in [3.05, 3.63) is 76.7 Å². The van der Waals surface area contributed by atoms with Crippen LogP contribution in [0.2, 0.25) is 10.0 Å². The molecule has 0 fully saturated rings. The fraction of sp³-hybridized carbons (Fsp3) is 0.0556. The van der Waals surface area contributed by atoms with Crippen molar-refractivity contribution in [3.8, 4) is 0 Å². The summed E-state index contributed by atoms with van der Waals surface area (Å²) in [6.07, 6.45) is 5.83. The van der Waals surface area contributed by atoms with Gasteiger partial charge in [0.15, 0.2) is 5.82 Å². The Morgan fingerprint density at radius 2 is 1.84 bits per heavy atom. The number of carbonyl (C=O) groups is 1. The molecule has 0 aliphatic heterocycles. The molecule has 0 aliphatic carbocycles. The number of carbonyl (C=O) groups excluding carboxylic acids is 1. The summed E-state index contributed by atoms with van der Waals surface area (Å²) in [4.78, 5) is 21.5. The van der Waals surface area contributed by atoms with Gasteiger partial charge >= 0.3 is 0 Å². The number of nitrogens with one attached hydrogen (secondary N) is 1. The predicted octanol–water partition coefficient (Wildman–Crippen LogP) is 4.69. The van der Waals surface area contributed by atoms with Gasteiger partial charge in [0.25, 0.3) is 0 Å². The number of hydrogen-bond donors (Lipinski definition) is 1. The van der Waals surface area contributed by atoms with Crippen LogP contribution < -0.4 is 10.2 Å². The van der Waals surface area contributed by atoms with E-state index in [1.165, 1.54) is 4.90 Å². The first-order valence-corrected chi connectivity index (χ1v) is 8.22. The first-order valence-electron chi connectivity index (χ1n) is 7.46. The second-order valence-corrected chi connectivity index (χ2v) is 5.97. The SMILES string of the molecule is O=CN(c1ccc(Cl)c(Cl)c1)c1cccnc1NCc1ccncc1. The second-order valence-electron chi connectivity index (χ2n) is 5.15. The van der Waals surface area contributed by atoms with Crippen LogP contribution in [-0.4, -0.2) is 16.4 Å². The number of aromatic nitrogens is 2. The molecule has 3 aromatic rings. The quantitative estimate of drug-likeness (QED) is 0.637. The van der Waals surface area contributed by atoms with Crippen molar-refractivity contribution in [1.82, 2.24) is 9.97 Å². The molecular weight excluding hydrogens is 359 g/mol. The van der Waals surface area contributed by atoms with E-state index < -0.39 is 0 Å². The molecule has 1 amide bonds. The van der Waals surface area contributed by atoms with Crippen LogP contribution in [0.25, 0.3) is 0 Å². The summed E-state index contributed by atoms with van der Waals surface area (Å²) in [5.74, 6) is 0.581. The average molecular weight is 373 g/mol. The van der Waals surface area contributed by atoms with Crippen LogP contribution in [0, 0.1) is 0 Å². The molecule has 2 aromatic heterocycles. The van der Waals surface area contributed by atoms with Crippen LogP contribution in [0.4, 0.5) is 17.2 Å². The first-order chi connectivity index (χ1) is 12.2. The molecule has 25 heavy (non-hydrogen) atoms. The van der Waals surface area contributed by atoms with E-state index in [2.05, 4.69) is 15.3 Å². The zero-order valence-corrected chi connectivity index (χ0v) is 14.6. The Morgan fingerprint density at radius 3 is 2.56 bits per heavy atom. The Bertz CT molecular complexity index is 874. The minimum Gasteiger partial charge on any atom is -0.364 e. The monoisotopic (exact) mass is 372 g/mol. The highest BCUT2D eigenvalue weighted by atomic mass is 35.5. The van der Waals surface area contributed by atoms with E-state index in [-0.39, 0.29) is 0 Å². The third kappa shape index (κ3) is 4.07. The van der Waals surface area contributed by atoms with Gasteiger partial charge in [-0.3, -0.25) is 14.7 Å². The van der Waals surface area contributed by atoms with Crippen molar-refractivity contribution >= 4 is 46.8 Å². The fourth-order valence-corrected chi connectivity index (χ4v) is 2.60. The summed E-state index contributed by atoms with van der Waals surface area (Å²) in [5.41, 5.74) is 2.27. The van der Waals surface area contributed by atoms with Crippen LogP contribution in [0.3, 0.4) is 0 Å². The maximum atomic E-state index is 11.7. The van der Waals surface area contributed by atoms with E-state index in [1.54, 1.807) is 48.9 Å². The molecule has 0 radical (unpaired) electrons. The molecular formula is C18H14Cl2N4O. The third-order valence-electron chi connectivity index (χ3n) is 3.54. The minimum atomic E-state index is 0.376. The predicted molar refractivity (Wildman–Crippen MR) is 100 cm³/mol. The summed E-state index contributed by atoms with van der Waals surface area (Å²) < 4.78 is 0. The minimum absolute atomic E-state index is 0.376. The van der Waals surface area contributed by atoms with Crippen LogP contribution in [-0.2, 0) is 11.3 Å².